The number of likely N-dealkylation sites (tertiary alicyclic amines) is 2. The molecule has 2 aliphatic rings. The van der Waals surface area contributed by atoms with Gasteiger partial charge in [0.2, 0.25) is 17.8 Å². The Kier molecular flexibility index (Phi) is 9.18. The van der Waals surface area contributed by atoms with Gasteiger partial charge >= 0.3 is 0 Å². The summed E-state index contributed by atoms with van der Waals surface area (Å²) in [5.74, 6) is 0.756. The highest BCUT2D eigenvalue weighted by molar-refractivity contribution is 6.10. The molecule has 1 unspecified atom stereocenters. The molecule has 4 rings (SSSR count). The van der Waals surface area contributed by atoms with Crippen molar-refractivity contribution in [1.82, 2.24) is 15.1 Å². The van der Waals surface area contributed by atoms with Crippen molar-refractivity contribution in [3.8, 4) is 11.5 Å². The van der Waals surface area contributed by atoms with Crippen LogP contribution >= 0.6 is 0 Å². The topological polar surface area (TPSA) is 113 Å². The molecule has 2 aliphatic heterocycles. The van der Waals surface area contributed by atoms with E-state index in [4.69, 9.17) is 9.47 Å². The summed E-state index contributed by atoms with van der Waals surface area (Å²) in [5.41, 5.74) is 1.05. The van der Waals surface area contributed by atoms with Crippen molar-refractivity contribution in [1.29, 1.82) is 0 Å². The largest absolute Gasteiger partial charge is 0.497 e. The Morgan fingerprint density at radius 3 is 2.37 bits per heavy atom. The normalized spacial score (nSPS) is 18.1. The van der Waals surface area contributed by atoms with Crippen molar-refractivity contribution in [3.05, 3.63) is 54.1 Å². The summed E-state index contributed by atoms with van der Waals surface area (Å²) >= 11 is 0. The van der Waals surface area contributed by atoms with Gasteiger partial charge in [0.05, 0.1) is 20.8 Å². The number of aliphatic imine (C=N–C) groups is 1. The highest BCUT2D eigenvalue weighted by Crippen LogP contribution is 2.19. The summed E-state index contributed by atoms with van der Waals surface area (Å²) in [7, 11) is 3.12. The van der Waals surface area contributed by atoms with Crippen LogP contribution in [0.5, 0.6) is 11.5 Å². The lowest BCUT2D eigenvalue weighted by Gasteiger charge is -2.25. The first-order chi connectivity index (χ1) is 18.5. The van der Waals surface area contributed by atoms with Crippen LogP contribution in [0, 0.1) is 0 Å². The number of nitrogens with one attached hydrogen (secondary N) is 2. The second-order valence-electron chi connectivity index (χ2n) is 9.38. The highest BCUT2D eigenvalue weighted by atomic mass is 16.5. The fraction of sp³-hybridized carbons (Fsp3) is 0.429. The van der Waals surface area contributed by atoms with Crippen molar-refractivity contribution < 1.29 is 23.9 Å². The average Bonchev–Trinajstić information content (AvgIpc) is 3.44. The van der Waals surface area contributed by atoms with Gasteiger partial charge in [0.25, 0.3) is 5.91 Å². The summed E-state index contributed by atoms with van der Waals surface area (Å²) in [6.45, 7) is 2.06. The smallest absolute Gasteiger partial charge is 0.258 e. The molecule has 2 saturated heterocycles. The minimum absolute atomic E-state index is 0.0246. The van der Waals surface area contributed by atoms with Crippen LogP contribution in [0.1, 0.15) is 42.5 Å². The predicted molar refractivity (Wildman–Crippen MR) is 145 cm³/mol. The van der Waals surface area contributed by atoms with Crippen molar-refractivity contribution >= 4 is 29.4 Å². The van der Waals surface area contributed by atoms with Gasteiger partial charge < -0.3 is 24.6 Å². The molecule has 1 atom stereocenters. The number of carbonyl (C=O) groups excluding carboxylic acids is 3. The van der Waals surface area contributed by atoms with E-state index in [1.807, 2.05) is 4.90 Å². The van der Waals surface area contributed by atoms with Gasteiger partial charge in [-0.1, -0.05) is 6.07 Å². The number of hydrogen-bond acceptors (Lipinski definition) is 6. The Labute approximate surface area is 223 Å². The van der Waals surface area contributed by atoms with Crippen LogP contribution in [0.25, 0.3) is 0 Å². The van der Waals surface area contributed by atoms with Gasteiger partial charge in [-0.2, -0.15) is 0 Å². The van der Waals surface area contributed by atoms with Crippen LogP contribution in [0.4, 0.5) is 5.69 Å². The molecule has 10 nitrogen and oxygen atoms in total. The zero-order valence-electron chi connectivity index (χ0n) is 21.9. The molecule has 2 N–H and O–H groups in total. The average molecular weight is 522 g/mol. The molecule has 38 heavy (non-hydrogen) atoms. The number of methoxy groups -OCH3 is 2. The monoisotopic (exact) mass is 521 g/mol. The molecule has 2 aromatic rings. The van der Waals surface area contributed by atoms with Crippen molar-refractivity contribution in [2.24, 2.45) is 4.99 Å². The lowest BCUT2D eigenvalue weighted by molar-refractivity contribution is -0.140. The summed E-state index contributed by atoms with van der Waals surface area (Å²) in [5, 5.41) is 5.95. The summed E-state index contributed by atoms with van der Waals surface area (Å²) in [6, 6.07) is 13.2. The Balaban J connectivity index is 1.56. The first-order valence-corrected chi connectivity index (χ1v) is 13.0. The molecule has 0 saturated carbocycles. The first-order valence-electron chi connectivity index (χ1n) is 13.0. The molecule has 3 amide bonds. The number of guanidine groups is 1. The van der Waals surface area contributed by atoms with E-state index in [0.29, 0.717) is 35.7 Å². The van der Waals surface area contributed by atoms with Crippen LogP contribution < -0.4 is 20.1 Å². The molecule has 202 valence electrons. The van der Waals surface area contributed by atoms with E-state index in [2.05, 4.69) is 15.6 Å². The van der Waals surface area contributed by atoms with Gasteiger partial charge in [-0.25, -0.2) is 4.99 Å². The Bertz CT molecular complexity index is 1160. The van der Waals surface area contributed by atoms with Crippen LogP contribution in [0.15, 0.2) is 53.5 Å². The number of benzene rings is 2. The third kappa shape index (κ3) is 7.02. The van der Waals surface area contributed by atoms with E-state index in [1.165, 1.54) is 7.11 Å². The minimum atomic E-state index is -0.727. The van der Waals surface area contributed by atoms with Crippen molar-refractivity contribution in [3.63, 3.8) is 0 Å². The second kappa shape index (κ2) is 12.9. The Morgan fingerprint density at radius 1 is 0.947 bits per heavy atom. The molecule has 2 fully saturated rings. The molecule has 0 radical (unpaired) electrons. The molecular weight excluding hydrogens is 486 g/mol. The number of nitrogens with zero attached hydrogens (tertiary/aromatic N) is 3. The highest BCUT2D eigenvalue weighted by Gasteiger charge is 2.30. The summed E-state index contributed by atoms with van der Waals surface area (Å²) < 4.78 is 10.5. The lowest BCUT2D eigenvalue weighted by atomic mass is 10.1. The van der Waals surface area contributed by atoms with E-state index in [-0.39, 0.29) is 24.3 Å². The van der Waals surface area contributed by atoms with E-state index in [0.717, 1.165) is 38.8 Å². The predicted octanol–water partition coefficient (Wildman–Crippen LogP) is 2.91. The van der Waals surface area contributed by atoms with Crippen LogP contribution in [0.2, 0.25) is 0 Å². The van der Waals surface area contributed by atoms with E-state index in [1.54, 1.807) is 60.5 Å². The Morgan fingerprint density at radius 2 is 1.66 bits per heavy atom. The van der Waals surface area contributed by atoms with Crippen LogP contribution in [-0.4, -0.2) is 79.9 Å². The molecule has 0 bridgehead atoms. The molecule has 10 heteroatoms. The van der Waals surface area contributed by atoms with E-state index in [9.17, 15) is 14.4 Å². The van der Waals surface area contributed by atoms with Crippen LogP contribution in [-0.2, 0) is 9.59 Å². The zero-order chi connectivity index (χ0) is 26.9. The first kappa shape index (κ1) is 27.0. The number of carbonyl (C=O) groups is 3. The van der Waals surface area contributed by atoms with Gasteiger partial charge in [-0.3, -0.25) is 19.7 Å². The quantitative estimate of drug-likeness (QED) is 0.428. The number of hydrogen-bond donors (Lipinski definition) is 2. The maximum Gasteiger partial charge on any atom is 0.258 e. The summed E-state index contributed by atoms with van der Waals surface area (Å²) in [6.07, 6.45) is 4.10. The molecular formula is C28H35N5O5. The standard InChI is InChI=1S/C28H35N5O5/c1-37-22-13-11-21(12-14-22)29-28(31-26(35)20-8-7-9-23(18-20)38-2)30-24-10-3-4-17-33(27(24)36)19-25(34)32-15-5-6-16-32/h7-9,11-14,18,24H,3-6,10,15-17,19H2,1-2H3,(H2,29,30,31,35). The fourth-order valence-corrected chi connectivity index (χ4v) is 4.60. The van der Waals surface area contributed by atoms with E-state index >= 15 is 0 Å². The van der Waals surface area contributed by atoms with Gasteiger partial charge in [0, 0.05) is 30.9 Å². The third-order valence-corrected chi connectivity index (χ3v) is 6.74. The Hall–Kier alpha value is -4.08. The fourth-order valence-electron chi connectivity index (χ4n) is 4.60. The molecule has 0 aliphatic carbocycles. The van der Waals surface area contributed by atoms with Crippen LogP contribution in [0.3, 0.4) is 0 Å². The molecule has 2 aromatic carbocycles. The van der Waals surface area contributed by atoms with E-state index < -0.39 is 11.9 Å². The number of anilines is 1. The SMILES string of the molecule is COc1ccc(NC(=NC2CCCCN(CC(=O)N3CCCC3)C2=O)NC(=O)c2cccc(OC)c2)cc1. The van der Waals surface area contributed by atoms with Gasteiger partial charge in [0.1, 0.15) is 17.5 Å². The minimum Gasteiger partial charge on any atom is -0.497 e. The van der Waals surface area contributed by atoms with Gasteiger partial charge in [-0.15, -0.1) is 0 Å². The molecule has 2 heterocycles. The molecule has 0 spiro atoms. The molecule has 0 aromatic heterocycles. The third-order valence-electron chi connectivity index (χ3n) is 6.74. The van der Waals surface area contributed by atoms with Gasteiger partial charge in [-0.05, 0) is 74.6 Å². The maximum absolute atomic E-state index is 13.5. The van der Waals surface area contributed by atoms with Crippen molar-refractivity contribution in [2.75, 3.05) is 45.7 Å². The second-order valence-corrected chi connectivity index (χ2v) is 9.38. The summed E-state index contributed by atoms with van der Waals surface area (Å²) in [4.78, 5) is 47.4. The zero-order valence-corrected chi connectivity index (χ0v) is 21.9. The maximum atomic E-state index is 13.5. The number of rotatable bonds is 7. The number of ether oxygens (including phenoxy) is 2. The van der Waals surface area contributed by atoms with Crippen molar-refractivity contribution in [2.45, 2.75) is 38.1 Å². The van der Waals surface area contributed by atoms with Gasteiger partial charge in [0.15, 0.2) is 0 Å². The number of amides is 3. The lowest BCUT2D eigenvalue weighted by Crippen LogP contribution is -2.45.